The van der Waals surface area contributed by atoms with Gasteiger partial charge < -0.3 is 9.47 Å². The second-order valence-corrected chi connectivity index (χ2v) is 5.37. The van der Waals surface area contributed by atoms with Crippen molar-refractivity contribution in [1.29, 1.82) is 0 Å². The van der Waals surface area contributed by atoms with E-state index in [1.165, 1.54) is 20.3 Å². The van der Waals surface area contributed by atoms with Crippen LogP contribution in [0.1, 0.15) is 23.2 Å². The molecule has 0 saturated carbocycles. The Hall–Kier alpha value is -2.69. The van der Waals surface area contributed by atoms with Crippen molar-refractivity contribution in [1.82, 2.24) is 0 Å². The molecule has 1 aromatic rings. The first kappa shape index (κ1) is 16.7. The fourth-order valence-electron chi connectivity index (χ4n) is 2.69. The molecule has 0 unspecified atom stereocenters. The zero-order valence-corrected chi connectivity index (χ0v) is 13.1. The molecule has 1 aliphatic rings. The average molecular weight is 314 g/mol. The van der Waals surface area contributed by atoms with Crippen LogP contribution in [0.15, 0.2) is 54.1 Å². The summed E-state index contributed by atoms with van der Waals surface area (Å²) >= 11 is 0. The van der Waals surface area contributed by atoms with Crippen molar-refractivity contribution in [2.75, 3.05) is 14.2 Å². The van der Waals surface area contributed by atoms with Crippen LogP contribution in [0.3, 0.4) is 0 Å². The van der Waals surface area contributed by atoms with Gasteiger partial charge >= 0.3 is 11.9 Å². The molecule has 5 nitrogen and oxygen atoms in total. The molecule has 0 heterocycles. The van der Waals surface area contributed by atoms with E-state index in [2.05, 4.69) is 6.58 Å². The van der Waals surface area contributed by atoms with Crippen LogP contribution in [-0.4, -0.2) is 31.9 Å². The molecule has 0 amide bonds. The van der Waals surface area contributed by atoms with Crippen molar-refractivity contribution >= 4 is 17.7 Å². The fraction of sp³-hybridized carbons (Fsp3) is 0.278. The van der Waals surface area contributed by atoms with E-state index in [0.29, 0.717) is 16.7 Å². The molecule has 0 radical (unpaired) electrons. The molecular formula is C18H18O5. The number of carbonyl (C=O) groups is 3. The molecule has 120 valence electrons. The monoisotopic (exact) mass is 314 g/mol. The molecule has 23 heavy (non-hydrogen) atoms. The number of esters is 2. The molecule has 0 aromatic heterocycles. The Labute approximate surface area is 134 Å². The van der Waals surface area contributed by atoms with Gasteiger partial charge in [0, 0.05) is 18.4 Å². The molecule has 1 aliphatic carbocycles. The number of hydrogen-bond acceptors (Lipinski definition) is 5. The number of hydrogen-bond donors (Lipinski definition) is 0. The first-order valence-electron chi connectivity index (χ1n) is 7.09. The van der Waals surface area contributed by atoms with E-state index < -0.39 is 17.4 Å². The van der Waals surface area contributed by atoms with Crippen LogP contribution in [0.25, 0.3) is 0 Å². The van der Waals surface area contributed by atoms with Crippen molar-refractivity contribution in [2.24, 2.45) is 5.41 Å². The second kappa shape index (κ2) is 6.60. The van der Waals surface area contributed by atoms with Crippen LogP contribution in [0.2, 0.25) is 0 Å². The number of Topliss-reactive ketones (excluding diaryl/α,β-unsaturated/α-hetero) is 1. The maximum Gasteiger partial charge on any atom is 0.327 e. The summed E-state index contributed by atoms with van der Waals surface area (Å²) in [5.74, 6) is -1.54. The van der Waals surface area contributed by atoms with Crippen LogP contribution in [0.4, 0.5) is 0 Å². The minimum atomic E-state index is -1.55. The first-order chi connectivity index (χ1) is 10.9. The third-order valence-electron chi connectivity index (χ3n) is 3.91. The lowest BCUT2D eigenvalue weighted by atomic mass is 9.87. The Balaban J connectivity index is 2.31. The van der Waals surface area contributed by atoms with Gasteiger partial charge in [-0.05, 0) is 11.1 Å². The van der Waals surface area contributed by atoms with Crippen molar-refractivity contribution in [3.05, 3.63) is 59.7 Å². The van der Waals surface area contributed by atoms with Crippen LogP contribution in [-0.2, 0) is 19.1 Å². The molecule has 0 N–H and O–H groups in total. The summed E-state index contributed by atoms with van der Waals surface area (Å²) in [6.07, 6.45) is 1.58. The lowest BCUT2D eigenvalue weighted by molar-refractivity contribution is -0.164. The summed E-state index contributed by atoms with van der Waals surface area (Å²) in [5, 5.41) is 0. The molecule has 0 saturated heterocycles. The van der Waals surface area contributed by atoms with E-state index in [-0.39, 0.29) is 18.6 Å². The zero-order chi connectivity index (χ0) is 17.0. The summed E-state index contributed by atoms with van der Waals surface area (Å²) in [7, 11) is 2.41. The molecule has 0 bridgehead atoms. The molecule has 0 spiro atoms. The van der Waals surface area contributed by atoms with Gasteiger partial charge in [0.1, 0.15) is 0 Å². The summed E-state index contributed by atoms with van der Waals surface area (Å²) in [6.45, 7) is 3.87. The third-order valence-corrected chi connectivity index (χ3v) is 3.91. The fourth-order valence-corrected chi connectivity index (χ4v) is 2.69. The van der Waals surface area contributed by atoms with Gasteiger partial charge in [-0.25, -0.2) is 0 Å². The molecule has 1 aromatic carbocycles. The van der Waals surface area contributed by atoms with Crippen molar-refractivity contribution in [3.8, 4) is 0 Å². The van der Waals surface area contributed by atoms with Gasteiger partial charge in [-0.1, -0.05) is 43.0 Å². The van der Waals surface area contributed by atoms with E-state index >= 15 is 0 Å². The summed E-state index contributed by atoms with van der Waals surface area (Å²) in [5.41, 5.74) is 0.141. The molecule has 5 heteroatoms. The molecule has 0 fully saturated rings. The Morgan fingerprint density at radius 3 is 2.17 bits per heavy atom. The minimum Gasteiger partial charge on any atom is -0.468 e. The number of methoxy groups -OCH3 is 2. The number of benzene rings is 1. The third kappa shape index (κ3) is 3.08. The van der Waals surface area contributed by atoms with Crippen LogP contribution < -0.4 is 0 Å². The Morgan fingerprint density at radius 2 is 1.65 bits per heavy atom. The van der Waals surface area contributed by atoms with Gasteiger partial charge in [-0.15, -0.1) is 0 Å². The van der Waals surface area contributed by atoms with E-state index in [0.717, 1.165) is 0 Å². The smallest absolute Gasteiger partial charge is 0.327 e. The maximum atomic E-state index is 12.3. The highest BCUT2D eigenvalue weighted by atomic mass is 16.5. The topological polar surface area (TPSA) is 69.7 Å². The van der Waals surface area contributed by atoms with Crippen molar-refractivity contribution in [2.45, 2.75) is 12.8 Å². The highest BCUT2D eigenvalue weighted by Gasteiger charge is 2.50. The van der Waals surface area contributed by atoms with Gasteiger partial charge in [0.05, 0.1) is 14.2 Å². The van der Waals surface area contributed by atoms with Gasteiger partial charge in [0.2, 0.25) is 0 Å². The predicted molar refractivity (Wildman–Crippen MR) is 83.7 cm³/mol. The normalized spacial score (nSPS) is 15.7. The van der Waals surface area contributed by atoms with Gasteiger partial charge in [-0.2, -0.15) is 0 Å². The van der Waals surface area contributed by atoms with Crippen LogP contribution in [0, 0.1) is 5.41 Å². The maximum absolute atomic E-state index is 12.3. The molecule has 2 rings (SSSR count). The number of ether oxygens (including phenoxy) is 2. The number of ketones is 1. The van der Waals surface area contributed by atoms with E-state index in [1.807, 2.05) is 6.07 Å². The largest absolute Gasteiger partial charge is 0.468 e. The highest BCUT2D eigenvalue weighted by molar-refractivity contribution is 6.05. The SMILES string of the molecule is C=C1CC(C(=O)OC)(C(=O)OC)C=C1CC(=O)c1ccccc1. The second-order valence-electron chi connectivity index (χ2n) is 5.37. The lowest BCUT2D eigenvalue weighted by Gasteiger charge is -2.20. The Morgan fingerprint density at radius 1 is 1.09 bits per heavy atom. The Kier molecular flexibility index (Phi) is 4.79. The highest BCUT2D eigenvalue weighted by Crippen LogP contribution is 2.42. The van der Waals surface area contributed by atoms with Gasteiger partial charge in [0.15, 0.2) is 11.2 Å². The zero-order valence-electron chi connectivity index (χ0n) is 13.1. The van der Waals surface area contributed by atoms with E-state index in [1.54, 1.807) is 24.3 Å². The van der Waals surface area contributed by atoms with E-state index in [4.69, 9.17) is 9.47 Å². The molecule has 0 atom stereocenters. The lowest BCUT2D eigenvalue weighted by Crippen LogP contribution is -2.38. The van der Waals surface area contributed by atoms with Crippen molar-refractivity contribution < 1.29 is 23.9 Å². The molecular weight excluding hydrogens is 296 g/mol. The Bertz CT molecular complexity index is 669. The van der Waals surface area contributed by atoms with Gasteiger partial charge in [0.25, 0.3) is 0 Å². The average Bonchev–Trinajstić information content (AvgIpc) is 2.91. The minimum absolute atomic E-state index is 0.0593. The van der Waals surface area contributed by atoms with Gasteiger partial charge in [-0.3, -0.25) is 14.4 Å². The van der Waals surface area contributed by atoms with Crippen molar-refractivity contribution in [3.63, 3.8) is 0 Å². The number of allylic oxidation sites excluding steroid dienone is 2. The quantitative estimate of drug-likeness (QED) is 0.474. The number of carbonyl (C=O) groups excluding carboxylic acids is 3. The van der Waals surface area contributed by atoms with Crippen LogP contribution in [0.5, 0.6) is 0 Å². The molecule has 0 aliphatic heterocycles. The predicted octanol–water partition coefficient (Wildman–Crippen LogP) is 2.48. The van der Waals surface area contributed by atoms with Crippen LogP contribution >= 0.6 is 0 Å². The summed E-state index contributed by atoms with van der Waals surface area (Å²) in [4.78, 5) is 36.5. The first-order valence-corrected chi connectivity index (χ1v) is 7.09. The number of rotatable bonds is 5. The summed E-state index contributed by atoms with van der Waals surface area (Å²) in [6, 6.07) is 8.81. The van der Waals surface area contributed by atoms with E-state index in [9.17, 15) is 14.4 Å². The standard InChI is InChI=1S/C18H18O5/c1-12-10-18(16(20)22-2,17(21)23-3)11-14(12)9-15(19)13-7-5-4-6-8-13/h4-8,11H,1,9-10H2,2-3H3. The summed E-state index contributed by atoms with van der Waals surface area (Å²) < 4.78 is 9.47.